The lowest BCUT2D eigenvalue weighted by molar-refractivity contribution is -0.118. The molecule has 1 unspecified atom stereocenters. The molecular formula is C19H21N3OS. The fourth-order valence-corrected chi connectivity index (χ4v) is 3.55. The third-order valence-electron chi connectivity index (χ3n) is 3.96. The van der Waals surface area contributed by atoms with Crippen LogP contribution in [0.5, 0.6) is 0 Å². The van der Waals surface area contributed by atoms with Gasteiger partial charge in [-0.25, -0.2) is 9.98 Å². The van der Waals surface area contributed by atoms with E-state index in [1.807, 2.05) is 19.1 Å². The number of benzene rings is 1. The molecule has 1 amide bonds. The van der Waals surface area contributed by atoms with Gasteiger partial charge in [-0.2, -0.15) is 0 Å². The van der Waals surface area contributed by atoms with E-state index in [2.05, 4.69) is 53.4 Å². The lowest BCUT2D eigenvalue weighted by atomic mass is 10.0. The highest BCUT2D eigenvalue weighted by atomic mass is 32.2. The van der Waals surface area contributed by atoms with Crippen molar-refractivity contribution in [3.05, 3.63) is 59.3 Å². The van der Waals surface area contributed by atoms with Crippen molar-refractivity contribution in [1.82, 2.24) is 10.3 Å². The van der Waals surface area contributed by atoms with E-state index in [0.29, 0.717) is 23.3 Å². The Morgan fingerprint density at radius 2 is 2.00 bits per heavy atom. The van der Waals surface area contributed by atoms with Gasteiger partial charge in [-0.1, -0.05) is 49.9 Å². The summed E-state index contributed by atoms with van der Waals surface area (Å²) in [5.41, 5.74) is 3.58. The van der Waals surface area contributed by atoms with Gasteiger partial charge in [0.05, 0.1) is 5.25 Å². The first-order chi connectivity index (χ1) is 11.5. The number of rotatable bonds is 4. The second kappa shape index (κ2) is 7.18. The smallest absolute Gasteiger partial charge is 0.239 e. The fourth-order valence-electron chi connectivity index (χ4n) is 2.53. The SMILES string of the molecule is Cc1ccnc(N=C2NC(=O)C(Cc3ccc(C(C)C)cc3)S2)c1. The highest BCUT2D eigenvalue weighted by Crippen LogP contribution is 2.26. The normalized spacial score (nSPS) is 19.1. The molecule has 1 aliphatic heterocycles. The van der Waals surface area contributed by atoms with Crippen LogP contribution in [0.3, 0.4) is 0 Å². The van der Waals surface area contributed by atoms with Gasteiger partial charge >= 0.3 is 0 Å². The third kappa shape index (κ3) is 4.03. The van der Waals surface area contributed by atoms with Crippen molar-refractivity contribution in [2.24, 2.45) is 4.99 Å². The van der Waals surface area contributed by atoms with E-state index in [9.17, 15) is 4.79 Å². The topological polar surface area (TPSA) is 54.4 Å². The molecule has 1 saturated heterocycles. The standard InChI is InChI=1S/C19H21N3OS/c1-12(2)15-6-4-14(5-7-15)11-16-18(23)22-19(24-16)21-17-10-13(3)8-9-20-17/h4-10,12,16H,11H2,1-3H3,(H,20,21,22,23). The van der Waals surface area contributed by atoms with Gasteiger partial charge in [-0.05, 0) is 48.1 Å². The summed E-state index contributed by atoms with van der Waals surface area (Å²) in [6, 6.07) is 12.3. The maximum atomic E-state index is 12.2. The first-order valence-corrected chi connectivity index (χ1v) is 8.97. The summed E-state index contributed by atoms with van der Waals surface area (Å²) >= 11 is 1.47. The average Bonchev–Trinajstić information content (AvgIpc) is 2.87. The molecule has 3 rings (SSSR count). The molecule has 1 fully saturated rings. The zero-order chi connectivity index (χ0) is 17.1. The summed E-state index contributed by atoms with van der Waals surface area (Å²) in [5, 5.41) is 3.34. The maximum Gasteiger partial charge on any atom is 0.239 e. The number of amides is 1. The van der Waals surface area contributed by atoms with Crippen LogP contribution >= 0.6 is 11.8 Å². The first kappa shape index (κ1) is 16.7. The Hall–Kier alpha value is -2.14. The van der Waals surface area contributed by atoms with E-state index >= 15 is 0 Å². The molecule has 1 aromatic heterocycles. The number of carbonyl (C=O) groups is 1. The van der Waals surface area contributed by atoms with Crippen LogP contribution in [0.15, 0.2) is 47.6 Å². The van der Waals surface area contributed by atoms with Crippen molar-refractivity contribution in [3.63, 3.8) is 0 Å². The van der Waals surface area contributed by atoms with Crippen molar-refractivity contribution in [2.75, 3.05) is 0 Å². The molecule has 0 spiro atoms. The lowest BCUT2D eigenvalue weighted by Gasteiger charge is -2.08. The molecule has 0 radical (unpaired) electrons. The summed E-state index contributed by atoms with van der Waals surface area (Å²) in [6.45, 7) is 6.35. The molecule has 5 heteroatoms. The minimum Gasteiger partial charge on any atom is -0.304 e. The summed E-state index contributed by atoms with van der Waals surface area (Å²) in [5.74, 6) is 1.16. The molecule has 2 heterocycles. The van der Waals surface area contributed by atoms with Crippen molar-refractivity contribution in [1.29, 1.82) is 0 Å². The molecule has 0 saturated carbocycles. The van der Waals surface area contributed by atoms with Gasteiger partial charge < -0.3 is 5.32 Å². The number of hydrogen-bond acceptors (Lipinski definition) is 4. The van der Waals surface area contributed by atoms with Crippen LogP contribution in [-0.2, 0) is 11.2 Å². The van der Waals surface area contributed by atoms with Crippen molar-refractivity contribution in [3.8, 4) is 0 Å². The molecule has 24 heavy (non-hydrogen) atoms. The quantitative estimate of drug-likeness (QED) is 0.917. The zero-order valence-electron chi connectivity index (χ0n) is 14.1. The molecule has 1 aliphatic rings. The molecule has 4 nitrogen and oxygen atoms in total. The number of hydrogen-bond donors (Lipinski definition) is 1. The number of carbonyl (C=O) groups excluding carboxylic acids is 1. The van der Waals surface area contributed by atoms with Gasteiger partial charge in [0.25, 0.3) is 0 Å². The molecule has 1 aromatic carbocycles. The van der Waals surface area contributed by atoms with Gasteiger partial charge in [0.2, 0.25) is 5.91 Å². The Labute approximate surface area is 146 Å². The molecule has 1 N–H and O–H groups in total. The Morgan fingerprint density at radius 3 is 2.67 bits per heavy atom. The number of amidine groups is 1. The number of pyridine rings is 1. The predicted molar refractivity (Wildman–Crippen MR) is 99.8 cm³/mol. The van der Waals surface area contributed by atoms with Gasteiger partial charge in [-0.3, -0.25) is 4.79 Å². The minimum atomic E-state index is -0.140. The lowest BCUT2D eigenvalue weighted by Crippen LogP contribution is -2.26. The second-order valence-corrected chi connectivity index (χ2v) is 7.50. The molecule has 2 aromatic rings. The highest BCUT2D eigenvalue weighted by molar-refractivity contribution is 8.15. The molecule has 1 atom stereocenters. The summed E-state index contributed by atoms with van der Waals surface area (Å²) in [7, 11) is 0. The maximum absolute atomic E-state index is 12.2. The van der Waals surface area contributed by atoms with Crippen LogP contribution in [0.4, 0.5) is 5.82 Å². The number of aromatic nitrogens is 1. The van der Waals surface area contributed by atoms with E-state index in [1.54, 1.807) is 6.20 Å². The van der Waals surface area contributed by atoms with E-state index in [0.717, 1.165) is 5.56 Å². The van der Waals surface area contributed by atoms with E-state index < -0.39 is 0 Å². The average molecular weight is 339 g/mol. The Bertz CT molecular complexity index is 768. The van der Waals surface area contributed by atoms with Crippen LogP contribution in [0.25, 0.3) is 0 Å². The van der Waals surface area contributed by atoms with Crippen LogP contribution in [0, 0.1) is 6.92 Å². The van der Waals surface area contributed by atoms with E-state index in [1.165, 1.54) is 22.9 Å². The largest absolute Gasteiger partial charge is 0.304 e. The number of nitrogens with zero attached hydrogens (tertiary/aromatic N) is 2. The number of aliphatic imine (C=N–C) groups is 1. The molecule has 0 aliphatic carbocycles. The van der Waals surface area contributed by atoms with Crippen molar-refractivity contribution >= 4 is 28.7 Å². The van der Waals surface area contributed by atoms with Crippen LogP contribution < -0.4 is 5.32 Å². The van der Waals surface area contributed by atoms with Crippen molar-refractivity contribution in [2.45, 2.75) is 38.4 Å². The summed E-state index contributed by atoms with van der Waals surface area (Å²) in [4.78, 5) is 20.8. The molecule has 124 valence electrons. The summed E-state index contributed by atoms with van der Waals surface area (Å²) in [6.07, 6.45) is 2.43. The van der Waals surface area contributed by atoms with E-state index in [-0.39, 0.29) is 11.2 Å². The first-order valence-electron chi connectivity index (χ1n) is 8.09. The number of thioether (sulfide) groups is 1. The minimum absolute atomic E-state index is 0.0133. The zero-order valence-corrected chi connectivity index (χ0v) is 14.9. The Morgan fingerprint density at radius 1 is 1.25 bits per heavy atom. The van der Waals surface area contributed by atoms with Gasteiger partial charge in [0, 0.05) is 6.20 Å². The predicted octanol–water partition coefficient (Wildman–Crippen LogP) is 3.98. The van der Waals surface area contributed by atoms with Gasteiger partial charge in [0.15, 0.2) is 11.0 Å². The van der Waals surface area contributed by atoms with Crippen molar-refractivity contribution < 1.29 is 4.79 Å². The van der Waals surface area contributed by atoms with E-state index in [4.69, 9.17) is 0 Å². The van der Waals surface area contributed by atoms with Gasteiger partial charge in [0.1, 0.15) is 0 Å². The van der Waals surface area contributed by atoms with Gasteiger partial charge in [-0.15, -0.1) is 0 Å². The van der Waals surface area contributed by atoms with Crippen LogP contribution in [0.1, 0.15) is 36.5 Å². The third-order valence-corrected chi connectivity index (χ3v) is 5.04. The Balaban J connectivity index is 1.68. The summed E-state index contributed by atoms with van der Waals surface area (Å²) < 4.78 is 0. The number of nitrogens with one attached hydrogen (secondary N) is 1. The second-order valence-electron chi connectivity index (χ2n) is 6.30. The monoisotopic (exact) mass is 339 g/mol. The van der Waals surface area contributed by atoms with Crippen LogP contribution in [0.2, 0.25) is 0 Å². The fraction of sp³-hybridized carbons (Fsp3) is 0.316. The molecular weight excluding hydrogens is 318 g/mol. The highest BCUT2D eigenvalue weighted by Gasteiger charge is 2.30. The number of aryl methyl sites for hydroxylation is 1. The molecule has 0 bridgehead atoms. The van der Waals surface area contributed by atoms with Crippen LogP contribution in [-0.4, -0.2) is 21.3 Å². The Kier molecular flexibility index (Phi) is 5.00.